The molecule has 2 aromatic carbocycles. The summed E-state index contributed by atoms with van der Waals surface area (Å²) in [5.41, 5.74) is 1.78. The first-order chi connectivity index (χ1) is 13.0. The number of carbonyl (C=O) groups is 1. The fourth-order valence-electron chi connectivity index (χ4n) is 2.27. The molecule has 0 atom stereocenters. The van der Waals surface area contributed by atoms with Crippen LogP contribution in [-0.2, 0) is 11.4 Å². The van der Waals surface area contributed by atoms with Crippen molar-refractivity contribution in [2.75, 3.05) is 12.9 Å². The van der Waals surface area contributed by atoms with Crippen LogP contribution < -0.4 is 9.47 Å². The second-order valence-electron chi connectivity index (χ2n) is 5.45. The molecule has 1 heterocycles. The molecule has 0 N–H and O–H groups in total. The summed E-state index contributed by atoms with van der Waals surface area (Å²) in [6.07, 6.45) is 1.59. The van der Waals surface area contributed by atoms with Crippen LogP contribution in [0.15, 0.2) is 41.5 Å². The average Bonchev–Trinajstić information content (AvgIpc) is 2.98. The third kappa shape index (κ3) is 5.13. The largest absolute Gasteiger partial charge is 0.493 e. The highest BCUT2D eigenvalue weighted by molar-refractivity contribution is 14.1. The number of methoxy groups -OCH3 is 1. The van der Waals surface area contributed by atoms with Crippen molar-refractivity contribution in [3.8, 4) is 11.5 Å². The molecule has 1 saturated heterocycles. The highest BCUT2D eigenvalue weighted by Gasteiger charge is 2.26. The van der Waals surface area contributed by atoms with E-state index in [1.54, 1.807) is 19.4 Å². The van der Waals surface area contributed by atoms with E-state index < -0.39 is 0 Å². The Labute approximate surface area is 185 Å². The molecule has 0 aliphatic carbocycles. The van der Waals surface area contributed by atoms with Gasteiger partial charge in [-0.05, 0) is 58.0 Å². The van der Waals surface area contributed by atoms with Gasteiger partial charge in [0.2, 0.25) is 0 Å². The molecular weight excluding hydrogens is 519 g/mol. The van der Waals surface area contributed by atoms with Crippen molar-refractivity contribution >= 4 is 74.6 Å². The number of ether oxygens (including phenoxy) is 2. The molecule has 1 aliphatic heterocycles. The maximum atomic E-state index is 11.7. The smallest absolute Gasteiger partial charge is 0.259 e. The number of halogens is 2. The van der Waals surface area contributed by atoms with E-state index >= 15 is 0 Å². The third-order valence-corrected chi connectivity index (χ3v) is 5.99. The van der Waals surface area contributed by atoms with Gasteiger partial charge in [-0.25, -0.2) is 0 Å². The molecule has 1 amide bonds. The van der Waals surface area contributed by atoms with Gasteiger partial charge in [0.05, 0.1) is 22.6 Å². The van der Waals surface area contributed by atoms with Crippen LogP contribution in [0.25, 0.3) is 0 Å². The van der Waals surface area contributed by atoms with Gasteiger partial charge in [-0.3, -0.25) is 4.79 Å². The lowest BCUT2D eigenvalue weighted by atomic mass is 10.2. The summed E-state index contributed by atoms with van der Waals surface area (Å²) >= 11 is 14.5. The number of thioether (sulfide) groups is 1. The summed E-state index contributed by atoms with van der Waals surface area (Å²) in [6, 6.07) is 11.2. The summed E-state index contributed by atoms with van der Waals surface area (Å²) in [4.78, 5) is 11.7. The topological polar surface area (TPSA) is 51.1 Å². The lowest BCUT2D eigenvalue weighted by Crippen LogP contribution is -2.22. The number of thiocarbonyl (C=S) groups is 1. The Morgan fingerprint density at radius 1 is 1.37 bits per heavy atom. The predicted octanol–water partition coefficient (Wildman–Crippen LogP) is 4.73. The summed E-state index contributed by atoms with van der Waals surface area (Å²) < 4.78 is 12.7. The second kappa shape index (κ2) is 9.22. The maximum Gasteiger partial charge on any atom is 0.259 e. The monoisotopic (exact) mass is 532 g/mol. The Morgan fingerprint density at radius 2 is 2.11 bits per heavy atom. The van der Waals surface area contributed by atoms with Crippen molar-refractivity contribution in [1.29, 1.82) is 0 Å². The molecule has 3 rings (SSSR count). The molecule has 0 unspecified atom stereocenters. The predicted molar refractivity (Wildman–Crippen MR) is 121 cm³/mol. The van der Waals surface area contributed by atoms with Crippen molar-refractivity contribution in [2.45, 2.75) is 6.61 Å². The van der Waals surface area contributed by atoms with Crippen molar-refractivity contribution < 1.29 is 14.3 Å². The lowest BCUT2D eigenvalue weighted by Gasteiger charge is -2.14. The molecule has 0 radical (unpaired) electrons. The zero-order valence-electron chi connectivity index (χ0n) is 14.1. The second-order valence-corrected chi connectivity index (χ2v) is 8.66. The van der Waals surface area contributed by atoms with E-state index in [4.69, 9.17) is 33.3 Å². The van der Waals surface area contributed by atoms with Gasteiger partial charge in [0.15, 0.2) is 15.8 Å². The van der Waals surface area contributed by atoms with E-state index in [1.165, 1.54) is 16.8 Å². The molecule has 1 aliphatic rings. The number of hydrogen-bond acceptors (Lipinski definition) is 6. The van der Waals surface area contributed by atoms with Crippen LogP contribution in [-0.4, -0.2) is 34.3 Å². The van der Waals surface area contributed by atoms with Crippen LogP contribution in [0.5, 0.6) is 11.5 Å². The molecule has 0 aromatic heterocycles. The standard InChI is InChI=1S/C18H14ClIN2O3S2/c1-24-15-7-12(8-21-22-16(23)10-27-18(22)26)6-14(20)17(15)25-9-11-2-4-13(19)5-3-11/h2-8H,9-10H2,1H3/b21-8+. The van der Waals surface area contributed by atoms with Gasteiger partial charge in [-0.2, -0.15) is 10.1 Å². The number of carbonyl (C=O) groups excluding carboxylic acids is 1. The van der Waals surface area contributed by atoms with Crippen LogP contribution >= 0.6 is 58.2 Å². The fourth-order valence-corrected chi connectivity index (χ4v) is 4.15. The van der Waals surface area contributed by atoms with E-state index in [2.05, 4.69) is 27.7 Å². The summed E-state index contributed by atoms with van der Waals surface area (Å²) in [5.74, 6) is 1.44. The fraction of sp³-hybridized carbons (Fsp3) is 0.167. The Morgan fingerprint density at radius 3 is 2.74 bits per heavy atom. The minimum atomic E-state index is -0.120. The van der Waals surface area contributed by atoms with Gasteiger partial charge in [0.1, 0.15) is 6.61 Å². The molecule has 140 valence electrons. The minimum Gasteiger partial charge on any atom is -0.493 e. The van der Waals surface area contributed by atoms with Crippen molar-refractivity contribution in [1.82, 2.24) is 5.01 Å². The number of benzene rings is 2. The first-order valence-corrected chi connectivity index (χ1v) is 10.6. The molecule has 0 saturated carbocycles. The van der Waals surface area contributed by atoms with Gasteiger partial charge in [0, 0.05) is 5.02 Å². The van der Waals surface area contributed by atoms with E-state index in [9.17, 15) is 4.79 Å². The maximum absolute atomic E-state index is 11.7. The highest BCUT2D eigenvalue weighted by Crippen LogP contribution is 2.34. The zero-order chi connectivity index (χ0) is 19.4. The van der Waals surface area contributed by atoms with Crippen LogP contribution in [0.4, 0.5) is 0 Å². The molecule has 0 bridgehead atoms. The third-order valence-electron chi connectivity index (χ3n) is 3.60. The van der Waals surface area contributed by atoms with Crippen molar-refractivity contribution in [2.24, 2.45) is 5.10 Å². The molecule has 0 spiro atoms. The molecule has 5 nitrogen and oxygen atoms in total. The number of nitrogens with zero attached hydrogens (tertiary/aromatic N) is 2. The van der Waals surface area contributed by atoms with E-state index in [0.717, 1.165) is 14.7 Å². The van der Waals surface area contributed by atoms with E-state index in [0.29, 0.717) is 33.2 Å². The zero-order valence-corrected chi connectivity index (χ0v) is 18.7. The molecular formula is C18H14ClIN2O3S2. The SMILES string of the molecule is COc1cc(/C=N/N2C(=O)CSC2=S)cc(I)c1OCc1ccc(Cl)cc1. The molecule has 27 heavy (non-hydrogen) atoms. The van der Waals surface area contributed by atoms with Gasteiger partial charge in [-0.1, -0.05) is 47.7 Å². The first kappa shape index (κ1) is 20.4. The Bertz CT molecular complexity index is 890. The van der Waals surface area contributed by atoms with Crippen molar-refractivity contribution in [3.63, 3.8) is 0 Å². The van der Waals surface area contributed by atoms with Crippen LogP contribution in [0, 0.1) is 3.57 Å². The summed E-state index contributed by atoms with van der Waals surface area (Å²) in [5, 5.41) is 6.11. The van der Waals surface area contributed by atoms with Gasteiger partial charge in [0.25, 0.3) is 5.91 Å². The van der Waals surface area contributed by atoms with Crippen LogP contribution in [0.2, 0.25) is 5.02 Å². The van der Waals surface area contributed by atoms with Crippen molar-refractivity contribution in [3.05, 3.63) is 56.1 Å². The normalized spacial score (nSPS) is 14.3. The Balaban J connectivity index is 1.77. The average molecular weight is 533 g/mol. The van der Waals surface area contributed by atoms with Crippen LogP contribution in [0.1, 0.15) is 11.1 Å². The molecule has 2 aromatic rings. The van der Waals surface area contributed by atoms with Gasteiger partial charge >= 0.3 is 0 Å². The van der Waals surface area contributed by atoms with E-state index in [-0.39, 0.29) is 5.91 Å². The highest BCUT2D eigenvalue weighted by atomic mass is 127. The summed E-state index contributed by atoms with van der Waals surface area (Å²) in [6.45, 7) is 0.394. The number of rotatable bonds is 6. The Kier molecular flexibility index (Phi) is 6.96. The number of hydrogen-bond donors (Lipinski definition) is 0. The molecule has 9 heteroatoms. The van der Waals surface area contributed by atoms with Gasteiger partial charge < -0.3 is 9.47 Å². The Hall–Kier alpha value is -1.36. The summed E-state index contributed by atoms with van der Waals surface area (Å²) in [7, 11) is 1.58. The van der Waals surface area contributed by atoms with Gasteiger partial charge in [-0.15, -0.1) is 0 Å². The molecule has 1 fully saturated rings. The quantitative estimate of drug-likeness (QED) is 0.306. The lowest BCUT2D eigenvalue weighted by molar-refractivity contribution is -0.123. The first-order valence-electron chi connectivity index (χ1n) is 7.76. The van der Waals surface area contributed by atoms with Crippen LogP contribution in [0.3, 0.4) is 0 Å². The minimum absolute atomic E-state index is 0.120. The number of amides is 1. The van der Waals surface area contributed by atoms with E-state index in [1.807, 2.05) is 30.3 Å². The number of hydrazone groups is 1.